The van der Waals surface area contributed by atoms with Gasteiger partial charge in [-0.15, -0.1) is 6.58 Å². The van der Waals surface area contributed by atoms with Gasteiger partial charge in [-0.25, -0.2) is 8.78 Å². The van der Waals surface area contributed by atoms with Crippen molar-refractivity contribution in [3.05, 3.63) is 48.1 Å². The fourth-order valence-corrected chi connectivity index (χ4v) is 1.63. The quantitative estimate of drug-likeness (QED) is 0.606. The van der Waals surface area contributed by atoms with E-state index in [0.717, 1.165) is 12.1 Å². The van der Waals surface area contributed by atoms with E-state index in [1.807, 2.05) is 6.92 Å². The van der Waals surface area contributed by atoms with Gasteiger partial charge in [-0.3, -0.25) is 4.79 Å². The van der Waals surface area contributed by atoms with E-state index in [1.54, 1.807) is 11.0 Å². The lowest BCUT2D eigenvalue weighted by Crippen LogP contribution is -2.37. The van der Waals surface area contributed by atoms with Crippen LogP contribution in [0.3, 0.4) is 0 Å². The van der Waals surface area contributed by atoms with Crippen LogP contribution < -0.4 is 5.32 Å². The van der Waals surface area contributed by atoms with E-state index in [2.05, 4.69) is 11.9 Å². The third-order valence-corrected chi connectivity index (χ3v) is 2.66. The van der Waals surface area contributed by atoms with Gasteiger partial charge in [0, 0.05) is 19.6 Å². The van der Waals surface area contributed by atoms with Crippen molar-refractivity contribution >= 4 is 5.91 Å². The van der Waals surface area contributed by atoms with Crippen LogP contribution in [0.25, 0.3) is 0 Å². The maximum Gasteiger partial charge on any atom is 0.236 e. The number of hydrogen-bond acceptors (Lipinski definition) is 2. The molecule has 3 nitrogen and oxygen atoms in total. The number of nitrogens with one attached hydrogen (secondary N) is 1. The van der Waals surface area contributed by atoms with Gasteiger partial charge in [0.15, 0.2) is 11.6 Å². The van der Waals surface area contributed by atoms with Crippen molar-refractivity contribution < 1.29 is 13.6 Å². The molecule has 1 amide bonds. The van der Waals surface area contributed by atoms with Gasteiger partial charge < -0.3 is 10.2 Å². The van der Waals surface area contributed by atoms with Gasteiger partial charge in [0.1, 0.15) is 0 Å². The molecule has 1 N–H and O–H groups in total. The summed E-state index contributed by atoms with van der Waals surface area (Å²) in [6, 6.07) is 3.66. The van der Waals surface area contributed by atoms with Crippen molar-refractivity contribution in [3.63, 3.8) is 0 Å². The number of carbonyl (C=O) groups excluding carboxylic acids is 1. The van der Waals surface area contributed by atoms with E-state index in [1.165, 1.54) is 6.07 Å². The fraction of sp³-hybridized carbons (Fsp3) is 0.357. The average Bonchev–Trinajstić information content (AvgIpc) is 2.40. The van der Waals surface area contributed by atoms with Crippen LogP contribution in [0.15, 0.2) is 30.9 Å². The first-order chi connectivity index (χ1) is 9.08. The molecular weight excluding hydrogens is 250 g/mol. The Labute approximate surface area is 111 Å². The Hall–Kier alpha value is -1.75. The van der Waals surface area contributed by atoms with Gasteiger partial charge in [-0.1, -0.05) is 12.1 Å². The normalized spacial score (nSPS) is 10.3. The average molecular weight is 268 g/mol. The summed E-state index contributed by atoms with van der Waals surface area (Å²) < 4.78 is 25.9. The largest absolute Gasteiger partial charge is 0.338 e. The molecule has 104 valence electrons. The number of carbonyl (C=O) groups is 1. The second kappa shape index (κ2) is 7.63. The fourth-order valence-electron chi connectivity index (χ4n) is 1.63. The molecule has 0 heterocycles. The number of benzene rings is 1. The Kier molecular flexibility index (Phi) is 6.15. The predicted molar refractivity (Wildman–Crippen MR) is 70.5 cm³/mol. The van der Waals surface area contributed by atoms with Crippen molar-refractivity contribution in [2.24, 2.45) is 0 Å². The molecule has 0 saturated heterocycles. The summed E-state index contributed by atoms with van der Waals surface area (Å²) in [5.74, 6) is -1.87. The molecule has 0 aliphatic carbocycles. The molecule has 0 atom stereocenters. The molecule has 19 heavy (non-hydrogen) atoms. The maximum absolute atomic E-state index is 13.1. The third-order valence-electron chi connectivity index (χ3n) is 2.66. The Morgan fingerprint density at radius 3 is 2.74 bits per heavy atom. The SMILES string of the molecule is C=CCNCC(=O)N(CC)Cc1ccc(F)c(F)c1. The van der Waals surface area contributed by atoms with Crippen molar-refractivity contribution in [2.45, 2.75) is 13.5 Å². The molecule has 0 bridgehead atoms. The number of nitrogens with zero attached hydrogens (tertiary/aromatic N) is 1. The summed E-state index contributed by atoms with van der Waals surface area (Å²) in [6.07, 6.45) is 1.67. The first-order valence-corrected chi connectivity index (χ1v) is 6.11. The molecule has 0 unspecified atom stereocenters. The van der Waals surface area contributed by atoms with Crippen LogP contribution in [-0.4, -0.2) is 30.4 Å². The molecule has 0 aliphatic heterocycles. The van der Waals surface area contributed by atoms with E-state index in [4.69, 9.17) is 0 Å². The molecule has 0 spiro atoms. The number of rotatable bonds is 7. The van der Waals surface area contributed by atoms with E-state index >= 15 is 0 Å². The van der Waals surface area contributed by atoms with Gasteiger partial charge in [0.25, 0.3) is 0 Å². The van der Waals surface area contributed by atoms with Crippen LogP contribution in [0.1, 0.15) is 12.5 Å². The summed E-state index contributed by atoms with van der Waals surface area (Å²) in [5, 5.41) is 2.91. The van der Waals surface area contributed by atoms with E-state index in [9.17, 15) is 13.6 Å². The number of hydrogen-bond donors (Lipinski definition) is 1. The summed E-state index contributed by atoms with van der Waals surface area (Å²) in [7, 11) is 0. The van der Waals surface area contributed by atoms with Gasteiger partial charge in [-0.2, -0.15) is 0 Å². The summed E-state index contributed by atoms with van der Waals surface area (Å²) in [4.78, 5) is 13.4. The minimum atomic E-state index is -0.897. The highest BCUT2D eigenvalue weighted by atomic mass is 19.2. The van der Waals surface area contributed by atoms with Crippen LogP contribution in [0, 0.1) is 11.6 Å². The lowest BCUT2D eigenvalue weighted by molar-refractivity contribution is -0.130. The molecule has 1 aromatic carbocycles. The molecule has 5 heteroatoms. The van der Waals surface area contributed by atoms with Crippen molar-refractivity contribution in [2.75, 3.05) is 19.6 Å². The third kappa shape index (κ3) is 4.79. The lowest BCUT2D eigenvalue weighted by Gasteiger charge is -2.21. The minimum Gasteiger partial charge on any atom is -0.338 e. The monoisotopic (exact) mass is 268 g/mol. The zero-order chi connectivity index (χ0) is 14.3. The smallest absolute Gasteiger partial charge is 0.236 e. The number of likely N-dealkylation sites (N-methyl/N-ethyl adjacent to an activating group) is 1. The first kappa shape index (κ1) is 15.3. The van der Waals surface area contributed by atoms with Gasteiger partial charge >= 0.3 is 0 Å². The molecular formula is C14H18F2N2O. The van der Waals surface area contributed by atoms with Crippen LogP contribution in [-0.2, 0) is 11.3 Å². The second-order valence-electron chi connectivity index (χ2n) is 4.08. The van der Waals surface area contributed by atoms with Crippen LogP contribution in [0.5, 0.6) is 0 Å². The molecule has 1 rings (SSSR count). The number of halogens is 2. The summed E-state index contributed by atoms with van der Waals surface area (Å²) in [6.45, 7) is 6.90. The standard InChI is InChI=1S/C14H18F2N2O/c1-3-7-17-9-14(19)18(4-2)10-11-5-6-12(15)13(16)8-11/h3,5-6,8,17H,1,4,7,9-10H2,2H3. The van der Waals surface area contributed by atoms with Gasteiger partial charge in [0.2, 0.25) is 5.91 Å². The van der Waals surface area contributed by atoms with Crippen LogP contribution in [0.2, 0.25) is 0 Å². The van der Waals surface area contributed by atoms with Crippen LogP contribution >= 0.6 is 0 Å². The predicted octanol–water partition coefficient (Wildman–Crippen LogP) is 2.09. The van der Waals surface area contributed by atoms with E-state index < -0.39 is 11.6 Å². The zero-order valence-corrected chi connectivity index (χ0v) is 11.0. The van der Waals surface area contributed by atoms with Crippen LogP contribution in [0.4, 0.5) is 8.78 Å². The Morgan fingerprint density at radius 1 is 1.42 bits per heavy atom. The molecule has 0 aromatic heterocycles. The molecule has 0 radical (unpaired) electrons. The van der Waals surface area contributed by atoms with Gasteiger partial charge in [-0.05, 0) is 24.6 Å². The Bertz CT molecular complexity index is 449. The summed E-state index contributed by atoms with van der Waals surface area (Å²) in [5.41, 5.74) is 0.567. The van der Waals surface area contributed by atoms with Gasteiger partial charge in [0.05, 0.1) is 6.54 Å². The minimum absolute atomic E-state index is 0.0888. The molecule has 0 aliphatic rings. The van der Waals surface area contributed by atoms with Crippen molar-refractivity contribution in [1.29, 1.82) is 0 Å². The highest BCUT2D eigenvalue weighted by Crippen LogP contribution is 2.11. The molecule has 0 fully saturated rings. The lowest BCUT2D eigenvalue weighted by atomic mass is 10.2. The van der Waals surface area contributed by atoms with Crippen molar-refractivity contribution in [1.82, 2.24) is 10.2 Å². The highest BCUT2D eigenvalue weighted by molar-refractivity contribution is 5.78. The summed E-state index contributed by atoms with van der Waals surface area (Å²) >= 11 is 0. The second-order valence-corrected chi connectivity index (χ2v) is 4.08. The van der Waals surface area contributed by atoms with Crippen molar-refractivity contribution in [3.8, 4) is 0 Å². The van der Waals surface area contributed by atoms with E-state index in [-0.39, 0.29) is 19.0 Å². The van der Waals surface area contributed by atoms with E-state index in [0.29, 0.717) is 18.7 Å². The zero-order valence-electron chi connectivity index (χ0n) is 11.0. The Morgan fingerprint density at radius 2 is 2.16 bits per heavy atom. The Balaban J connectivity index is 2.62. The molecule has 1 aromatic rings. The number of amides is 1. The highest BCUT2D eigenvalue weighted by Gasteiger charge is 2.12. The maximum atomic E-state index is 13.1. The first-order valence-electron chi connectivity index (χ1n) is 6.11. The molecule has 0 saturated carbocycles. The topological polar surface area (TPSA) is 32.3 Å².